The Morgan fingerprint density at radius 2 is 1.77 bits per heavy atom. The summed E-state index contributed by atoms with van der Waals surface area (Å²) in [6, 6.07) is 16.4. The molecule has 3 aromatic rings. The van der Waals surface area contributed by atoms with Crippen molar-refractivity contribution in [1.29, 1.82) is 0 Å². The zero-order valence-corrected chi connectivity index (χ0v) is 14.5. The second-order valence-corrected chi connectivity index (χ2v) is 6.54. The molecule has 0 spiro atoms. The summed E-state index contributed by atoms with van der Waals surface area (Å²) in [7, 11) is 0. The minimum atomic E-state index is 0.495. The molecule has 0 radical (unpaired) electrons. The molecule has 6 heteroatoms. The smallest absolute Gasteiger partial charge is 0.204 e. The Kier molecular flexibility index (Phi) is 3.43. The van der Waals surface area contributed by atoms with Crippen molar-refractivity contribution in [3.05, 3.63) is 74.7 Å². The average Bonchev–Trinajstić information content (AvgIpc) is 2.82. The van der Waals surface area contributed by atoms with Crippen LogP contribution in [0.1, 0.15) is 17.0 Å². The topological polar surface area (TPSA) is 43.1 Å². The molecule has 1 aliphatic heterocycles. The van der Waals surface area contributed by atoms with Crippen molar-refractivity contribution in [2.75, 3.05) is 0 Å². The van der Waals surface area contributed by atoms with E-state index in [1.54, 1.807) is 0 Å². The Morgan fingerprint density at radius 1 is 0.955 bits per heavy atom. The number of aromatic nitrogens is 3. The first-order valence-corrected chi connectivity index (χ1v) is 8.32. The van der Waals surface area contributed by atoms with Crippen LogP contribution in [0.5, 0.6) is 0 Å². The Bertz CT molecular complexity index is 884. The molecule has 0 N–H and O–H groups in total. The van der Waals surface area contributed by atoms with E-state index in [0.717, 1.165) is 32.8 Å². The molecule has 0 bridgehead atoms. The van der Waals surface area contributed by atoms with Gasteiger partial charge in [0.1, 0.15) is 6.54 Å². The van der Waals surface area contributed by atoms with Crippen molar-refractivity contribution in [2.24, 2.45) is 4.99 Å². The molecule has 2 heterocycles. The van der Waals surface area contributed by atoms with Gasteiger partial charge in [-0.05, 0) is 34.1 Å². The zero-order valence-electron chi connectivity index (χ0n) is 11.4. The molecule has 0 atom stereocenters. The largest absolute Gasteiger partial charge is 0.276 e. The van der Waals surface area contributed by atoms with E-state index in [1.165, 1.54) is 0 Å². The summed E-state index contributed by atoms with van der Waals surface area (Å²) in [6.07, 6.45) is 0. The van der Waals surface area contributed by atoms with Gasteiger partial charge >= 0.3 is 0 Å². The fourth-order valence-corrected chi connectivity index (χ4v) is 3.44. The van der Waals surface area contributed by atoms with Crippen LogP contribution >= 0.6 is 31.9 Å². The van der Waals surface area contributed by atoms with Crippen molar-refractivity contribution in [3.63, 3.8) is 0 Å². The van der Waals surface area contributed by atoms with Crippen LogP contribution in [0.2, 0.25) is 0 Å². The van der Waals surface area contributed by atoms with Crippen LogP contribution in [0.3, 0.4) is 0 Å². The van der Waals surface area contributed by atoms with E-state index in [0.29, 0.717) is 11.3 Å². The number of benzene rings is 2. The summed E-state index contributed by atoms with van der Waals surface area (Å²) >= 11 is 7.04. The second-order valence-electron chi connectivity index (χ2n) is 4.91. The van der Waals surface area contributed by atoms with E-state index in [1.807, 2.05) is 28.8 Å². The first-order chi connectivity index (χ1) is 10.7. The van der Waals surface area contributed by atoms with Gasteiger partial charge in [-0.1, -0.05) is 46.3 Å². The minimum Gasteiger partial charge on any atom is -0.276 e. The molecule has 108 valence electrons. The molecule has 0 fully saturated rings. The summed E-state index contributed by atoms with van der Waals surface area (Å²) in [5.41, 5.74) is 4.14. The number of halogens is 2. The van der Waals surface area contributed by atoms with Gasteiger partial charge in [-0.15, -0.1) is 10.2 Å². The van der Waals surface area contributed by atoms with Crippen LogP contribution in [0.4, 0.5) is 0 Å². The van der Waals surface area contributed by atoms with Gasteiger partial charge in [-0.2, -0.15) is 0 Å². The van der Waals surface area contributed by atoms with E-state index < -0.39 is 0 Å². The van der Waals surface area contributed by atoms with Crippen molar-refractivity contribution >= 4 is 37.6 Å². The third-order valence-electron chi connectivity index (χ3n) is 3.57. The fraction of sp³-hybridized carbons (Fsp3) is 0.0625. The summed E-state index contributed by atoms with van der Waals surface area (Å²) in [4.78, 5) is 4.78. The number of hydrogen-bond acceptors (Lipinski definition) is 3. The summed E-state index contributed by atoms with van der Waals surface area (Å²) in [5.74, 6) is 0.821. The maximum Gasteiger partial charge on any atom is 0.204 e. The first kappa shape index (κ1) is 13.8. The van der Waals surface area contributed by atoms with Crippen LogP contribution in [0.25, 0.3) is 5.69 Å². The molecule has 0 saturated heterocycles. The van der Waals surface area contributed by atoms with Crippen molar-refractivity contribution in [2.45, 2.75) is 6.54 Å². The van der Waals surface area contributed by atoms with Crippen LogP contribution in [-0.2, 0) is 6.54 Å². The monoisotopic (exact) mass is 416 g/mol. The zero-order chi connectivity index (χ0) is 15.1. The maximum atomic E-state index is 4.78. The molecule has 0 amide bonds. The quantitative estimate of drug-likeness (QED) is 0.597. The molecule has 22 heavy (non-hydrogen) atoms. The highest BCUT2D eigenvalue weighted by Gasteiger charge is 2.22. The van der Waals surface area contributed by atoms with Gasteiger partial charge in [-0.3, -0.25) is 9.56 Å². The molecule has 1 aliphatic rings. The summed E-state index contributed by atoms with van der Waals surface area (Å²) < 4.78 is 3.71. The molecule has 0 aliphatic carbocycles. The highest BCUT2D eigenvalue weighted by Crippen LogP contribution is 2.29. The van der Waals surface area contributed by atoms with Gasteiger partial charge in [0.2, 0.25) is 4.73 Å². The standard InChI is InChI=1S/C16H10Br2N4/c17-11-6-7-13-12(8-11)15(10-4-2-1-3-5-10)19-9-14-20-21-16(18)22(13)14/h1-8H,9H2. The Hall–Kier alpha value is -1.79. The van der Waals surface area contributed by atoms with Gasteiger partial charge in [0, 0.05) is 15.6 Å². The Balaban J connectivity index is 2.01. The van der Waals surface area contributed by atoms with Crippen molar-refractivity contribution < 1.29 is 0 Å². The van der Waals surface area contributed by atoms with Crippen LogP contribution < -0.4 is 0 Å². The van der Waals surface area contributed by atoms with E-state index in [9.17, 15) is 0 Å². The molecule has 0 saturated carbocycles. The number of hydrogen-bond donors (Lipinski definition) is 0. The average molecular weight is 418 g/mol. The lowest BCUT2D eigenvalue weighted by atomic mass is 10.0. The van der Waals surface area contributed by atoms with Gasteiger partial charge in [-0.25, -0.2) is 0 Å². The lowest BCUT2D eigenvalue weighted by Crippen LogP contribution is -2.07. The minimum absolute atomic E-state index is 0.495. The Labute approximate surface area is 144 Å². The molecular formula is C16H10Br2N4. The predicted octanol–water partition coefficient (Wildman–Crippen LogP) is 4.14. The van der Waals surface area contributed by atoms with E-state index in [4.69, 9.17) is 4.99 Å². The molecule has 2 aromatic carbocycles. The maximum absolute atomic E-state index is 4.78. The molecular weight excluding hydrogens is 408 g/mol. The second kappa shape index (κ2) is 5.44. The van der Waals surface area contributed by atoms with Crippen LogP contribution in [-0.4, -0.2) is 20.5 Å². The third kappa shape index (κ3) is 2.23. The van der Waals surface area contributed by atoms with Crippen LogP contribution in [0, 0.1) is 0 Å². The number of rotatable bonds is 1. The number of nitrogens with zero attached hydrogens (tertiary/aromatic N) is 4. The lowest BCUT2D eigenvalue weighted by Gasteiger charge is -2.12. The van der Waals surface area contributed by atoms with Crippen molar-refractivity contribution in [3.8, 4) is 5.69 Å². The number of aliphatic imine (C=N–C) groups is 1. The SMILES string of the molecule is Brc1ccc2c(c1)C(c1ccccc1)=NCc1nnc(Br)n1-2. The first-order valence-electron chi connectivity index (χ1n) is 6.74. The van der Waals surface area contributed by atoms with Gasteiger partial charge in [0.25, 0.3) is 0 Å². The predicted molar refractivity (Wildman–Crippen MR) is 92.5 cm³/mol. The molecule has 4 nitrogen and oxygen atoms in total. The molecule has 1 aromatic heterocycles. The van der Waals surface area contributed by atoms with Crippen LogP contribution in [0.15, 0.2) is 62.7 Å². The van der Waals surface area contributed by atoms with Crippen molar-refractivity contribution in [1.82, 2.24) is 14.8 Å². The third-order valence-corrected chi connectivity index (χ3v) is 4.58. The summed E-state index contributed by atoms with van der Waals surface area (Å²) in [6.45, 7) is 0.495. The Morgan fingerprint density at radius 3 is 2.59 bits per heavy atom. The normalized spacial score (nSPS) is 13.1. The van der Waals surface area contributed by atoms with Gasteiger partial charge in [0.15, 0.2) is 5.82 Å². The van der Waals surface area contributed by atoms with Gasteiger partial charge in [0.05, 0.1) is 11.4 Å². The number of fused-ring (bicyclic) bond motifs is 3. The fourth-order valence-electron chi connectivity index (χ4n) is 2.61. The highest BCUT2D eigenvalue weighted by atomic mass is 79.9. The summed E-state index contributed by atoms with van der Waals surface area (Å²) in [5, 5.41) is 8.32. The van der Waals surface area contributed by atoms with E-state index >= 15 is 0 Å². The van der Waals surface area contributed by atoms with E-state index in [2.05, 4.69) is 66.3 Å². The van der Waals surface area contributed by atoms with Gasteiger partial charge < -0.3 is 0 Å². The lowest BCUT2D eigenvalue weighted by molar-refractivity contribution is 0.866. The molecule has 0 unspecified atom stereocenters. The van der Waals surface area contributed by atoms with E-state index in [-0.39, 0.29) is 0 Å². The highest BCUT2D eigenvalue weighted by molar-refractivity contribution is 9.10. The molecule has 4 rings (SSSR count).